The van der Waals surface area contributed by atoms with Gasteiger partial charge in [-0.3, -0.25) is 0 Å². The topological polar surface area (TPSA) is 21.3 Å². The van der Waals surface area contributed by atoms with E-state index in [0.29, 0.717) is 23.8 Å². The summed E-state index contributed by atoms with van der Waals surface area (Å²) in [5, 5.41) is 3.61. The third-order valence-corrected chi connectivity index (χ3v) is 4.11. The summed E-state index contributed by atoms with van der Waals surface area (Å²) < 4.78 is 18.9. The largest absolute Gasteiger partial charge is 0.493 e. The quantitative estimate of drug-likeness (QED) is 0.851. The van der Waals surface area contributed by atoms with Gasteiger partial charge in [-0.1, -0.05) is 12.1 Å². The smallest absolute Gasteiger partial charge is 0.165 e. The van der Waals surface area contributed by atoms with Crippen molar-refractivity contribution in [3.63, 3.8) is 0 Å². The van der Waals surface area contributed by atoms with Crippen LogP contribution in [0.15, 0.2) is 18.2 Å². The van der Waals surface area contributed by atoms with Crippen molar-refractivity contribution in [3.05, 3.63) is 29.6 Å². The molecule has 0 amide bonds. The molecule has 0 radical (unpaired) electrons. The SMILES string of the molecule is COc1c(F)cccc1C1CC2CCC(C1)N2. The third-order valence-electron chi connectivity index (χ3n) is 4.11. The van der Waals surface area contributed by atoms with Crippen molar-refractivity contribution in [2.45, 2.75) is 43.7 Å². The number of rotatable bonds is 2. The summed E-state index contributed by atoms with van der Waals surface area (Å²) in [7, 11) is 1.55. The fourth-order valence-electron chi connectivity index (χ4n) is 3.37. The first-order valence-electron chi connectivity index (χ1n) is 6.36. The van der Waals surface area contributed by atoms with Crippen LogP contribution < -0.4 is 10.1 Å². The van der Waals surface area contributed by atoms with Crippen molar-refractivity contribution >= 4 is 0 Å². The van der Waals surface area contributed by atoms with Gasteiger partial charge in [0, 0.05) is 17.6 Å². The zero-order valence-corrected chi connectivity index (χ0v) is 10.1. The molecule has 1 aromatic rings. The van der Waals surface area contributed by atoms with Gasteiger partial charge >= 0.3 is 0 Å². The predicted molar refractivity (Wildman–Crippen MR) is 64.9 cm³/mol. The Balaban J connectivity index is 1.91. The zero-order chi connectivity index (χ0) is 11.8. The van der Waals surface area contributed by atoms with Crippen LogP contribution in [0, 0.1) is 5.82 Å². The number of halogens is 1. The minimum absolute atomic E-state index is 0.240. The highest BCUT2D eigenvalue weighted by Crippen LogP contribution is 2.41. The van der Waals surface area contributed by atoms with E-state index in [4.69, 9.17) is 4.74 Å². The van der Waals surface area contributed by atoms with Gasteiger partial charge in [0.05, 0.1) is 7.11 Å². The molecule has 1 N–H and O–H groups in total. The number of methoxy groups -OCH3 is 1. The number of nitrogens with one attached hydrogen (secondary N) is 1. The lowest BCUT2D eigenvalue weighted by molar-refractivity contribution is 0.339. The fraction of sp³-hybridized carbons (Fsp3) is 0.571. The lowest BCUT2D eigenvalue weighted by Gasteiger charge is -2.30. The predicted octanol–water partition coefficient (Wildman–Crippen LogP) is 2.83. The van der Waals surface area contributed by atoms with Gasteiger partial charge in [-0.15, -0.1) is 0 Å². The first-order chi connectivity index (χ1) is 8.28. The molecule has 0 aromatic heterocycles. The Bertz CT molecular complexity index is 409. The summed E-state index contributed by atoms with van der Waals surface area (Å²) in [5.41, 5.74) is 1.05. The molecule has 2 atom stereocenters. The molecule has 0 spiro atoms. The number of benzene rings is 1. The maximum Gasteiger partial charge on any atom is 0.165 e. The molecule has 2 heterocycles. The van der Waals surface area contributed by atoms with Crippen LogP contribution in [-0.2, 0) is 0 Å². The Kier molecular flexibility index (Phi) is 2.79. The Labute approximate surface area is 101 Å². The fourth-order valence-corrected chi connectivity index (χ4v) is 3.37. The first kappa shape index (κ1) is 11.0. The van der Waals surface area contributed by atoms with Gasteiger partial charge in [0.2, 0.25) is 0 Å². The summed E-state index contributed by atoms with van der Waals surface area (Å²) in [6.45, 7) is 0. The minimum Gasteiger partial charge on any atom is -0.493 e. The van der Waals surface area contributed by atoms with Gasteiger partial charge in [0.1, 0.15) is 0 Å². The number of hydrogen-bond acceptors (Lipinski definition) is 2. The molecular weight excluding hydrogens is 217 g/mol. The van der Waals surface area contributed by atoms with Gasteiger partial charge in [-0.25, -0.2) is 4.39 Å². The number of para-hydroxylation sites is 1. The number of hydrogen-bond donors (Lipinski definition) is 1. The molecule has 92 valence electrons. The van der Waals surface area contributed by atoms with E-state index in [9.17, 15) is 4.39 Å². The Morgan fingerprint density at radius 3 is 2.59 bits per heavy atom. The van der Waals surface area contributed by atoms with E-state index in [0.717, 1.165) is 18.4 Å². The van der Waals surface area contributed by atoms with Crippen molar-refractivity contribution in [2.75, 3.05) is 7.11 Å². The Morgan fingerprint density at radius 1 is 1.24 bits per heavy atom. The lowest BCUT2D eigenvalue weighted by Crippen LogP contribution is -2.37. The average Bonchev–Trinajstić information content (AvgIpc) is 2.68. The Morgan fingerprint density at radius 2 is 1.94 bits per heavy atom. The molecular formula is C14H18FNO. The maximum absolute atomic E-state index is 13.7. The standard InChI is InChI=1S/C14H18FNO/c1-17-14-12(3-2-4-13(14)15)9-7-10-5-6-11(8-9)16-10/h2-4,9-11,16H,5-8H2,1H3. The highest BCUT2D eigenvalue weighted by atomic mass is 19.1. The van der Waals surface area contributed by atoms with E-state index in [-0.39, 0.29) is 5.82 Å². The molecule has 2 saturated heterocycles. The van der Waals surface area contributed by atoms with E-state index in [2.05, 4.69) is 5.32 Å². The molecule has 2 bridgehead atoms. The van der Waals surface area contributed by atoms with Gasteiger partial charge in [0.15, 0.2) is 11.6 Å². The van der Waals surface area contributed by atoms with Crippen LogP contribution in [0.25, 0.3) is 0 Å². The molecule has 2 aliphatic rings. The molecule has 0 aliphatic carbocycles. The van der Waals surface area contributed by atoms with Crippen LogP contribution in [0.1, 0.15) is 37.2 Å². The van der Waals surface area contributed by atoms with Crippen molar-refractivity contribution in [2.24, 2.45) is 0 Å². The highest BCUT2D eigenvalue weighted by Gasteiger charge is 2.35. The molecule has 2 aliphatic heterocycles. The van der Waals surface area contributed by atoms with Crippen LogP contribution in [0.5, 0.6) is 5.75 Å². The molecule has 17 heavy (non-hydrogen) atoms. The highest BCUT2D eigenvalue weighted by molar-refractivity contribution is 5.38. The molecule has 2 fully saturated rings. The van der Waals surface area contributed by atoms with Crippen molar-refractivity contribution in [3.8, 4) is 5.75 Å². The van der Waals surface area contributed by atoms with E-state index in [1.165, 1.54) is 18.9 Å². The second-order valence-corrected chi connectivity index (χ2v) is 5.17. The number of ether oxygens (including phenoxy) is 1. The van der Waals surface area contributed by atoms with E-state index in [1.807, 2.05) is 6.07 Å². The van der Waals surface area contributed by atoms with Crippen molar-refractivity contribution in [1.29, 1.82) is 0 Å². The average molecular weight is 235 g/mol. The number of fused-ring (bicyclic) bond motifs is 2. The zero-order valence-electron chi connectivity index (χ0n) is 10.1. The minimum atomic E-state index is -0.240. The molecule has 2 nitrogen and oxygen atoms in total. The van der Waals surface area contributed by atoms with E-state index < -0.39 is 0 Å². The van der Waals surface area contributed by atoms with E-state index in [1.54, 1.807) is 13.2 Å². The summed E-state index contributed by atoms with van der Waals surface area (Å²) in [6.07, 6.45) is 4.74. The van der Waals surface area contributed by atoms with Crippen molar-refractivity contribution < 1.29 is 9.13 Å². The summed E-state index contributed by atoms with van der Waals surface area (Å²) in [4.78, 5) is 0. The van der Waals surface area contributed by atoms with Crippen molar-refractivity contribution in [1.82, 2.24) is 5.32 Å². The molecule has 1 aromatic carbocycles. The summed E-state index contributed by atoms with van der Waals surface area (Å²) >= 11 is 0. The molecule has 3 rings (SSSR count). The molecule has 2 unspecified atom stereocenters. The summed E-state index contributed by atoms with van der Waals surface area (Å²) in [5.74, 6) is 0.647. The maximum atomic E-state index is 13.7. The summed E-state index contributed by atoms with van der Waals surface area (Å²) in [6, 6.07) is 6.50. The first-order valence-corrected chi connectivity index (χ1v) is 6.36. The van der Waals surface area contributed by atoms with Crippen LogP contribution in [0.4, 0.5) is 4.39 Å². The lowest BCUT2D eigenvalue weighted by atomic mass is 9.85. The second-order valence-electron chi connectivity index (χ2n) is 5.17. The second kappa shape index (κ2) is 4.30. The van der Waals surface area contributed by atoms with Gasteiger partial charge in [0.25, 0.3) is 0 Å². The van der Waals surface area contributed by atoms with E-state index >= 15 is 0 Å². The van der Waals surface area contributed by atoms with Crippen LogP contribution in [0.3, 0.4) is 0 Å². The Hall–Kier alpha value is -1.09. The molecule has 0 saturated carbocycles. The monoisotopic (exact) mass is 235 g/mol. The normalized spacial score (nSPS) is 31.5. The third kappa shape index (κ3) is 1.93. The van der Waals surface area contributed by atoms with Gasteiger partial charge in [-0.2, -0.15) is 0 Å². The van der Waals surface area contributed by atoms with Gasteiger partial charge < -0.3 is 10.1 Å². The van der Waals surface area contributed by atoms with Crippen LogP contribution >= 0.6 is 0 Å². The number of piperidine rings is 1. The molecule has 3 heteroatoms. The van der Waals surface area contributed by atoms with Crippen LogP contribution in [-0.4, -0.2) is 19.2 Å². The van der Waals surface area contributed by atoms with Gasteiger partial charge in [-0.05, 0) is 37.7 Å². The van der Waals surface area contributed by atoms with Crippen LogP contribution in [0.2, 0.25) is 0 Å².